The van der Waals surface area contributed by atoms with Crippen LogP contribution in [0.2, 0.25) is 0 Å². The van der Waals surface area contributed by atoms with Crippen LogP contribution in [0.1, 0.15) is 98.1 Å². The number of hydrogen-bond donors (Lipinski definition) is 1. The van der Waals surface area contributed by atoms with Gasteiger partial charge in [-0.2, -0.15) is 0 Å². The van der Waals surface area contributed by atoms with Crippen LogP contribution in [0.15, 0.2) is 73.6 Å². The van der Waals surface area contributed by atoms with E-state index in [4.69, 9.17) is 4.98 Å². The second-order valence-corrected chi connectivity index (χ2v) is 9.84. The lowest BCUT2D eigenvalue weighted by molar-refractivity contribution is 0.112. The molecule has 0 saturated heterocycles. The first kappa shape index (κ1) is 30.8. The molecule has 1 fully saturated rings. The molecule has 1 unspecified atom stereocenters. The third-order valence-corrected chi connectivity index (χ3v) is 7.26. The second-order valence-electron chi connectivity index (χ2n) is 9.84. The molecular weight excluding hydrogens is 466 g/mol. The van der Waals surface area contributed by atoms with Crippen LogP contribution in [0.25, 0.3) is 5.57 Å². The maximum atomic E-state index is 11.0. The van der Waals surface area contributed by atoms with Crippen LogP contribution in [0.5, 0.6) is 0 Å². The topological polar surface area (TPSA) is 45.2 Å². The molecule has 1 aromatic carbocycles. The lowest BCUT2D eigenvalue weighted by Gasteiger charge is -2.23. The number of carbonyl (C=O) groups excluding carboxylic acids is 1. The van der Waals surface area contributed by atoms with Crippen molar-refractivity contribution in [1.29, 1.82) is 0 Å². The molecule has 38 heavy (non-hydrogen) atoms. The van der Waals surface area contributed by atoms with Crippen molar-refractivity contribution >= 4 is 17.5 Å². The quantitative estimate of drug-likeness (QED) is 0.283. The first-order valence-electron chi connectivity index (χ1n) is 14.0. The van der Waals surface area contributed by atoms with Gasteiger partial charge in [0, 0.05) is 42.5 Å². The Morgan fingerprint density at radius 3 is 2.42 bits per heavy atom. The van der Waals surface area contributed by atoms with E-state index in [0.29, 0.717) is 11.5 Å². The average molecular weight is 514 g/mol. The van der Waals surface area contributed by atoms with Gasteiger partial charge in [0.1, 0.15) is 6.29 Å². The summed E-state index contributed by atoms with van der Waals surface area (Å²) in [4.78, 5) is 18.4. The number of carbonyl (C=O) groups is 1. The van der Waals surface area contributed by atoms with Crippen molar-refractivity contribution < 1.29 is 4.79 Å². The zero-order valence-electron chi connectivity index (χ0n) is 24.4. The van der Waals surface area contributed by atoms with Gasteiger partial charge < -0.3 is 10.2 Å². The highest BCUT2D eigenvalue weighted by atomic mass is 16.1. The maximum absolute atomic E-state index is 11.0. The van der Waals surface area contributed by atoms with E-state index in [2.05, 4.69) is 56.1 Å². The van der Waals surface area contributed by atoms with E-state index in [1.807, 2.05) is 52.1 Å². The van der Waals surface area contributed by atoms with Gasteiger partial charge >= 0.3 is 0 Å². The fourth-order valence-electron chi connectivity index (χ4n) is 4.78. The zero-order valence-corrected chi connectivity index (χ0v) is 24.4. The van der Waals surface area contributed by atoms with Gasteiger partial charge in [-0.15, -0.1) is 0 Å². The third-order valence-electron chi connectivity index (χ3n) is 7.26. The summed E-state index contributed by atoms with van der Waals surface area (Å²) >= 11 is 0. The standard InChI is InChI=1S/C25H28N2O.C7H13N.C2H6/c1-16-13-20(15-28)8-10-22(16)18(3)23-11-12-24-25(26-23)21(14-19-6-7-19)9-5-17(2)27(24)4;1-4-6-7(5-2)8-3;1-2/h8,10-13,15,19,21H,2-3,5-7,9,14H2,1,4H3;4,6,8H,1,5H2,2-3H3;1-2H3/b;7-6-;. The summed E-state index contributed by atoms with van der Waals surface area (Å²) in [5.41, 5.74) is 9.36. The molecule has 2 heterocycles. The van der Waals surface area contributed by atoms with Crippen LogP contribution in [0.3, 0.4) is 0 Å². The Kier molecular flexibility index (Phi) is 12.3. The number of hydrogen-bond acceptors (Lipinski definition) is 4. The Hall–Kier alpha value is -3.40. The number of nitrogens with zero attached hydrogens (tertiary/aromatic N) is 2. The molecule has 204 valence electrons. The van der Waals surface area contributed by atoms with Crippen LogP contribution in [0.4, 0.5) is 5.69 Å². The van der Waals surface area contributed by atoms with Crippen LogP contribution in [-0.2, 0) is 0 Å². The average Bonchev–Trinajstić information content (AvgIpc) is 3.79. The van der Waals surface area contributed by atoms with Gasteiger partial charge in [-0.3, -0.25) is 9.78 Å². The molecule has 4 rings (SSSR count). The van der Waals surface area contributed by atoms with Gasteiger partial charge in [0.2, 0.25) is 0 Å². The maximum Gasteiger partial charge on any atom is 0.150 e. The number of fused-ring (bicyclic) bond motifs is 1. The summed E-state index contributed by atoms with van der Waals surface area (Å²) in [6.07, 6.45) is 11.8. The summed E-state index contributed by atoms with van der Waals surface area (Å²) in [5, 5.41) is 3.04. The highest BCUT2D eigenvalue weighted by Crippen LogP contribution is 2.45. The van der Waals surface area contributed by atoms with E-state index in [1.54, 1.807) is 6.08 Å². The van der Waals surface area contributed by atoms with E-state index in [0.717, 1.165) is 59.6 Å². The largest absolute Gasteiger partial charge is 0.391 e. The van der Waals surface area contributed by atoms with Gasteiger partial charge in [-0.05, 0) is 73.9 Å². The number of allylic oxidation sites excluding steroid dienone is 4. The minimum Gasteiger partial charge on any atom is -0.391 e. The van der Waals surface area contributed by atoms with Crippen LogP contribution in [0, 0.1) is 12.8 Å². The molecular formula is C34H47N3O. The molecule has 0 spiro atoms. The third kappa shape index (κ3) is 8.05. The zero-order chi connectivity index (χ0) is 28.2. The lowest BCUT2D eigenvalue weighted by atomic mass is 9.91. The minimum absolute atomic E-state index is 0.482. The molecule has 1 aliphatic carbocycles. The van der Waals surface area contributed by atoms with Gasteiger partial charge in [-0.25, -0.2) is 0 Å². The van der Waals surface area contributed by atoms with E-state index in [1.165, 1.54) is 36.3 Å². The first-order chi connectivity index (χ1) is 18.3. The van der Waals surface area contributed by atoms with E-state index >= 15 is 0 Å². The Balaban J connectivity index is 0.000000437. The predicted octanol–water partition coefficient (Wildman–Crippen LogP) is 8.60. The number of anilines is 1. The Bertz CT molecular complexity index is 1150. The summed E-state index contributed by atoms with van der Waals surface area (Å²) in [7, 11) is 4.01. The van der Waals surface area contributed by atoms with Crippen molar-refractivity contribution in [3.8, 4) is 0 Å². The molecule has 2 aliphatic rings. The number of aromatic nitrogens is 1. The van der Waals surface area contributed by atoms with Crippen molar-refractivity contribution in [3.63, 3.8) is 0 Å². The molecule has 2 aromatic rings. The molecule has 4 heteroatoms. The van der Waals surface area contributed by atoms with Gasteiger partial charge in [-0.1, -0.05) is 71.6 Å². The van der Waals surface area contributed by atoms with E-state index < -0.39 is 0 Å². The second kappa shape index (κ2) is 15.1. The number of nitrogens with one attached hydrogen (secondary N) is 1. The molecule has 0 amide bonds. The highest BCUT2D eigenvalue weighted by molar-refractivity contribution is 5.82. The SMILES string of the molecule is C=C(c1ccc2c(n1)C(CC1CC1)CCC(=C)N2C)c1ccc(C=O)cc1C.C=C/C=C(/CC)NC.CC. The summed E-state index contributed by atoms with van der Waals surface area (Å²) < 4.78 is 0. The van der Waals surface area contributed by atoms with Gasteiger partial charge in [0.25, 0.3) is 0 Å². The van der Waals surface area contributed by atoms with E-state index in [-0.39, 0.29) is 0 Å². The molecule has 1 saturated carbocycles. The number of benzene rings is 1. The number of rotatable bonds is 8. The predicted molar refractivity (Wildman–Crippen MR) is 165 cm³/mol. The van der Waals surface area contributed by atoms with Crippen LogP contribution in [-0.4, -0.2) is 25.4 Å². The number of aldehydes is 1. The molecule has 1 atom stereocenters. The number of aryl methyl sites for hydroxylation is 1. The Morgan fingerprint density at radius 2 is 1.89 bits per heavy atom. The summed E-state index contributed by atoms with van der Waals surface area (Å²) in [5.74, 6) is 1.34. The molecule has 0 radical (unpaired) electrons. The van der Waals surface area contributed by atoms with Crippen molar-refractivity contribution in [2.75, 3.05) is 19.0 Å². The minimum atomic E-state index is 0.482. The first-order valence-corrected chi connectivity index (χ1v) is 14.0. The normalized spacial score (nSPS) is 16.6. The molecule has 4 nitrogen and oxygen atoms in total. The lowest BCUT2D eigenvalue weighted by Crippen LogP contribution is -2.16. The highest BCUT2D eigenvalue weighted by Gasteiger charge is 2.31. The molecule has 1 aromatic heterocycles. The van der Waals surface area contributed by atoms with Crippen molar-refractivity contribution in [3.05, 3.63) is 102 Å². The molecule has 0 bridgehead atoms. The van der Waals surface area contributed by atoms with Crippen LogP contribution < -0.4 is 10.2 Å². The number of pyridine rings is 1. The molecule has 1 N–H and O–H groups in total. The van der Waals surface area contributed by atoms with Crippen molar-refractivity contribution in [2.45, 2.75) is 72.1 Å². The monoisotopic (exact) mass is 513 g/mol. The van der Waals surface area contributed by atoms with Crippen molar-refractivity contribution in [1.82, 2.24) is 10.3 Å². The van der Waals surface area contributed by atoms with Gasteiger partial charge in [0.15, 0.2) is 0 Å². The fourth-order valence-corrected chi connectivity index (χ4v) is 4.78. The summed E-state index contributed by atoms with van der Waals surface area (Å²) in [6, 6.07) is 9.97. The Labute approximate surface area is 231 Å². The van der Waals surface area contributed by atoms with E-state index in [9.17, 15) is 4.79 Å². The van der Waals surface area contributed by atoms with Crippen molar-refractivity contribution in [2.24, 2.45) is 5.92 Å². The van der Waals surface area contributed by atoms with Crippen LogP contribution >= 0.6 is 0 Å². The fraction of sp³-hybridized carbons (Fsp3) is 0.412. The summed E-state index contributed by atoms with van der Waals surface area (Å²) in [6.45, 7) is 20.3. The van der Waals surface area contributed by atoms with Gasteiger partial charge in [0.05, 0.1) is 17.1 Å². The Morgan fingerprint density at radius 1 is 1.18 bits per heavy atom. The molecule has 1 aliphatic heterocycles. The smallest absolute Gasteiger partial charge is 0.150 e.